The van der Waals surface area contributed by atoms with Gasteiger partial charge in [0.25, 0.3) is 0 Å². The van der Waals surface area contributed by atoms with E-state index < -0.39 is 5.60 Å². The van der Waals surface area contributed by atoms with Crippen molar-refractivity contribution in [3.8, 4) is 0 Å². The van der Waals surface area contributed by atoms with Crippen LogP contribution >= 0.6 is 0 Å². The molecule has 5 heteroatoms. The zero-order valence-corrected chi connectivity index (χ0v) is 11.6. The summed E-state index contributed by atoms with van der Waals surface area (Å²) >= 11 is 0. The highest BCUT2D eigenvalue weighted by Gasteiger charge is 2.40. The summed E-state index contributed by atoms with van der Waals surface area (Å²) in [5.74, 6) is 6.81. The van der Waals surface area contributed by atoms with Gasteiger partial charge in [0, 0.05) is 19.1 Å². The van der Waals surface area contributed by atoms with Crippen LogP contribution in [0.2, 0.25) is 0 Å². The third-order valence-corrected chi connectivity index (χ3v) is 3.71. The standard InChI is InChI=1S/C13H25N3O2/c1-13(2,3)18-12(17)16-7-6-10(8-16)11(15-14)9-4-5-9/h9-11,15H,4-8,14H2,1-3H3. The number of nitrogens with two attached hydrogens (primary N) is 1. The van der Waals surface area contributed by atoms with Crippen molar-refractivity contribution in [3.05, 3.63) is 0 Å². The first kappa shape index (κ1) is 13.6. The van der Waals surface area contributed by atoms with E-state index in [0.717, 1.165) is 19.5 Å². The zero-order valence-electron chi connectivity index (χ0n) is 11.6. The summed E-state index contributed by atoms with van der Waals surface area (Å²) < 4.78 is 5.39. The lowest BCUT2D eigenvalue weighted by atomic mass is 9.95. The molecule has 1 amide bonds. The van der Waals surface area contributed by atoms with Gasteiger partial charge in [-0.2, -0.15) is 0 Å². The molecule has 2 aliphatic rings. The van der Waals surface area contributed by atoms with Gasteiger partial charge in [-0.1, -0.05) is 0 Å². The predicted molar refractivity (Wildman–Crippen MR) is 69.7 cm³/mol. The van der Waals surface area contributed by atoms with Gasteiger partial charge < -0.3 is 9.64 Å². The largest absolute Gasteiger partial charge is 0.444 e. The monoisotopic (exact) mass is 255 g/mol. The topological polar surface area (TPSA) is 67.6 Å². The highest BCUT2D eigenvalue weighted by molar-refractivity contribution is 5.68. The Hall–Kier alpha value is -0.810. The summed E-state index contributed by atoms with van der Waals surface area (Å²) in [5.41, 5.74) is 2.52. The first-order valence-corrected chi connectivity index (χ1v) is 6.85. The molecule has 1 saturated carbocycles. The van der Waals surface area contributed by atoms with Gasteiger partial charge in [0.1, 0.15) is 5.60 Å². The summed E-state index contributed by atoms with van der Waals surface area (Å²) in [6.45, 7) is 7.23. The number of nitrogens with one attached hydrogen (secondary N) is 1. The smallest absolute Gasteiger partial charge is 0.410 e. The summed E-state index contributed by atoms with van der Waals surface area (Å²) in [5, 5.41) is 0. The molecule has 1 heterocycles. The van der Waals surface area contributed by atoms with E-state index in [1.54, 1.807) is 0 Å². The molecule has 2 atom stereocenters. The van der Waals surface area contributed by atoms with Gasteiger partial charge in [-0.15, -0.1) is 0 Å². The Morgan fingerprint density at radius 3 is 2.50 bits per heavy atom. The van der Waals surface area contributed by atoms with Crippen molar-refractivity contribution in [2.75, 3.05) is 13.1 Å². The molecule has 1 saturated heterocycles. The number of rotatable bonds is 3. The quantitative estimate of drug-likeness (QED) is 0.592. The van der Waals surface area contributed by atoms with Crippen LogP contribution in [0.5, 0.6) is 0 Å². The molecule has 1 aliphatic carbocycles. The molecule has 0 bridgehead atoms. The molecule has 0 aromatic heterocycles. The minimum Gasteiger partial charge on any atom is -0.444 e. The lowest BCUT2D eigenvalue weighted by Gasteiger charge is -2.26. The van der Waals surface area contributed by atoms with Gasteiger partial charge in [-0.25, -0.2) is 4.79 Å². The van der Waals surface area contributed by atoms with Crippen molar-refractivity contribution in [1.82, 2.24) is 10.3 Å². The van der Waals surface area contributed by atoms with Gasteiger partial charge in [-0.3, -0.25) is 11.3 Å². The van der Waals surface area contributed by atoms with E-state index in [9.17, 15) is 4.79 Å². The van der Waals surface area contributed by atoms with Crippen molar-refractivity contribution in [1.29, 1.82) is 0 Å². The Balaban J connectivity index is 1.85. The molecule has 0 radical (unpaired) electrons. The molecule has 2 rings (SSSR count). The number of amides is 1. The van der Waals surface area contributed by atoms with E-state index in [-0.39, 0.29) is 6.09 Å². The van der Waals surface area contributed by atoms with Crippen molar-refractivity contribution < 1.29 is 9.53 Å². The van der Waals surface area contributed by atoms with Crippen LogP contribution in [-0.2, 0) is 4.74 Å². The first-order valence-electron chi connectivity index (χ1n) is 6.85. The molecule has 0 spiro atoms. The van der Waals surface area contributed by atoms with Gasteiger partial charge in [0.15, 0.2) is 0 Å². The number of carbonyl (C=O) groups is 1. The van der Waals surface area contributed by atoms with Crippen molar-refractivity contribution in [3.63, 3.8) is 0 Å². The average molecular weight is 255 g/mol. The number of hydrogen-bond acceptors (Lipinski definition) is 4. The maximum Gasteiger partial charge on any atom is 0.410 e. The molecular formula is C13H25N3O2. The van der Waals surface area contributed by atoms with Crippen molar-refractivity contribution in [2.45, 2.75) is 51.7 Å². The molecule has 2 fully saturated rings. The highest BCUT2D eigenvalue weighted by atomic mass is 16.6. The van der Waals surface area contributed by atoms with Crippen molar-refractivity contribution in [2.24, 2.45) is 17.7 Å². The molecule has 1 aliphatic heterocycles. The summed E-state index contributed by atoms with van der Waals surface area (Å²) in [7, 11) is 0. The molecule has 0 aromatic rings. The van der Waals surface area contributed by atoms with E-state index in [1.807, 2.05) is 25.7 Å². The van der Waals surface area contributed by atoms with E-state index in [4.69, 9.17) is 10.6 Å². The summed E-state index contributed by atoms with van der Waals surface area (Å²) in [6.07, 6.45) is 3.34. The van der Waals surface area contributed by atoms with Crippen LogP contribution in [0.4, 0.5) is 4.79 Å². The minimum atomic E-state index is -0.419. The summed E-state index contributed by atoms with van der Waals surface area (Å²) in [6, 6.07) is 0.359. The molecule has 2 unspecified atom stereocenters. The molecule has 0 aromatic carbocycles. The Bertz CT molecular complexity index is 310. The van der Waals surface area contributed by atoms with E-state index in [0.29, 0.717) is 17.9 Å². The van der Waals surface area contributed by atoms with Crippen molar-refractivity contribution >= 4 is 6.09 Å². The normalized spacial score (nSPS) is 26.2. The number of hydrazine groups is 1. The zero-order chi connectivity index (χ0) is 13.3. The van der Waals surface area contributed by atoms with Gasteiger partial charge in [-0.05, 0) is 51.9 Å². The minimum absolute atomic E-state index is 0.198. The van der Waals surface area contributed by atoms with Gasteiger partial charge in [0.2, 0.25) is 0 Å². The highest BCUT2D eigenvalue weighted by Crippen LogP contribution is 2.38. The van der Waals surface area contributed by atoms with Crippen LogP contribution in [0.15, 0.2) is 0 Å². The van der Waals surface area contributed by atoms with Crippen LogP contribution in [0, 0.1) is 11.8 Å². The Kier molecular flexibility index (Phi) is 3.82. The van der Waals surface area contributed by atoms with Crippen LogP contribution in [0.25, 0.3) is 0 Å². The van der Waals surface area contributed by atoms with Gasteiger partial charge in [0.05, 0.1) is 0 Å². The SMILES string of the molecule is CC(C)(C)OC(=O)N1CCC(C(NN)C2CC2)C1. The summed E-state index contributed by atoms with van der Waals surface area (Å²) in [4.78, 5) is 13.8. The first-order chi connectivity index (χ1) is 8.40. The maximum atomic E-state index is 12.0. The lowest BCUT2D eigenvalue weighted by Crippen LogP contribution is -2.44. The second-order valence-electron chi connectivity index (χ2n) is 6.50. The van der Waals surface area contributed by atoms with Crippen LogP contribution < -0.4 is 11.3 Å². The third-order valence-electron chi connectivity index (χ3n) is 3.71. The Labute approximate surface area is 109 Å². The fourth-order valence-corrected chi connectivity index (χ4v) is 2.69. The van der Waals surface area contributed by atoms with E-state index in [1.165, 1.54) is 12.8 Å². The number of nitrogens with zero attached hydrogens (tertiary/aromatic N) is 1. The maximum absolute atomic E-state index is 12.0. The van der Waals surface area contributed by atoms with Crippen LogP contribution in [0.1, 0.15) is 40.0 Å². The number of hydrogen-bond donors (Lipinski definition) is 2. The number of likely N-dealkylation sites (tertiary alicyclic amines) is 1. The second-order valence-corrected chi connectivity index (χ2v) is 6.50. The number of ether oxygens (including phenoxy) is 1. The third kappa shape index (κ3) is 3.36. The number of carbonyl (C=O) groups excluding carboxylic acids is 1. The fraction of sp³-hybridized carbons (Fsp3) is 0.923. The van der Waals surface area contributed by atoms with Crippen LogP contribution in [-0.4, -0.2) is 35.7 Å². The molecule has 18 heavy (non-hydrogen) atoms. The lowest BCUT2D eigenvalue weighted by molar-refractivity contribution is 0.0284. The second kappa shape index (κ2) is 5.05. The van der Waals surface area contributed by atoms with Gasteiger partial charge >= 0.3 is 6.09 Å². The Morgan fingerprint density at radius 2 is 2.00 bits per heavy atom. The average Bonchev–Trinajstić information content (AvgIpc) is 2.94. The van der Waals surface area contributed by atoms with Crippen LogP contribution in [0.3, 0.4) is 0 Å². The fourth-order valence-electron chi connectivity index (χ4n) is 2.69. The Morgan fingerprint density at radius 1 is 1.33 bits per heavy atom. The molecule has 5 nitrogen and oxygen atoms in total. The predicted octanol–water partition coefficient (Wildman–Crippen LogP) is 1.49. The van der Waals surface area contributed by atoms with E-state index in [2.05, 4.69) is 5.43 Å². The van der Waals surface area contributed by atoms with E-state index >= 15 is 0 Å². The molecule has 104 valence electrons. The molecular weight excluding hydrogens is 230 g/mol. The molecule has 3 N–H and O–H groups in total.